The zero-order chi connectivity index (χ0) is 11.0. The topological polar surface area (TPSA) is 25.8 Å². The summed E-state index contributed by atoms with van der Waals surface area (Å²) in [6.45, 7) is 0. The molecule has 3 aromatic rings. The molecule has 0 amide bonds. The van der Waals surface area contributed by atoms with E-state index in [2.05, 4.69) is 9.97 Å². The van der Waals surface area contributed by atoms with Crippen molar-refractivity contribution in [3.05, 3.63) is 48.0 Å². The van der Waals surface area contributed by atoms with Crippen LogP contribution in [0.1, 0.15) is 0 Å². The molecule has 78 valence electrons. The first-order valence-corrected chi connectivity index (χ1v) is 5.66. The zero-order valence-corrected chi connectivity index (χ0v) is 9.04. The summed E-state index contributed by atoms with van der Waals surface area (Å²) in [5.74, 6) is -0.228. The van der Waals surface area contributed by atoms with Gasteiger partial charge in [0.15, 0.2) is 0 Å². The summed E-state index contributed by atoms with van der Waals surface area (Å²) in [6.07, 6.45) is 3.28. The van der Waals surface area contributed by atoms with E-state index in [1.54, 1.807) is 23.6 Å². The molecule has 0 radical (unpaired) electrons. The lowest BCUT2D eigenvalue weighted by molar-refractivity contribution is 0.628. The Balaban J connectivity index is 2.26. The van der Waals surface area contributed by atoms with Gasteiger partial charge < -0.3 is 0 Å². The molecule has 2 aromatic heterocycles. The van der Waals surface area contributed by atoms with E-state index in [1.165, 1.54) is 18.5 Å². The highest BCUT2D eigenvalue weighted by Gasteiger charge is 2.07. The smallest absolute Gasteiger partial charge is 0.127 e. The maximum atomic E-state index is 13.1. The fourth-order valence-electron chi connectivity index (χ4n) is 1.65. The number of hydrogen-bond acceptors (Lipinski definition) is 3. The Bertz CT molecular complexity index is 648. The Morgan fingerprint density at radius 2 is 2.19 bits per heavy atom. The van der Waals surface area contributed by atoms with E-state index in [9.17, 15) is 4.39 Å². The molecule has 0 aliphatic carbocycles. The van der Waals surface area contributed by atoms with Gasteiger partial charge in [0.25, 0.3) is 0 Å². The van der Waals surface area contributed by atoms with Crippen molar-refractivity contribution in [3.63, 3.8) is 0 Å². The van der Waals surface area contributed by atoms with Gasteiger partial charge in [-0.1, -0.05) is 12.1 Å². The Morgan fingerprint density at radius 1 is 1.25 bits per heavy atom. The molecule has 0 bridgehead atoms. The van der Waals surface area contributed by atoms with Gasteiger partial charge in [0.05, 0.1) is 0 Å². The second kappa shape index (κ2) is 3.64. The first-order chi connectivity index (χ1) is 7.84. The Labute approximate surface area is 95.4 Å². The minimum absolute atomic E-state index is 0.228. The number of rotatable bonds is 1. The zero-order valence-electron chi connectivity index (χ0n) is 8.22. The lowest BCUT2D eigenvalue weighted by Gasteiger charge is -1.98. The molecule has 0 saturated carbocycles. The molecule has 2 nitrogen and oxygen atoms in total. The third-order valence-corrected chi connectivity index (χ3v) is 3.29. The van der Waals surface area contributed by atoms with Crippen molar-refractivity contribution in [1.82, 2.24) is 9.97 Å². The molecule has 2 heterocycles. The van der Waals surface area contributed by atoms with Crippen molar-refractivity contribution in [3.8, 4) is 11.1 Å². The van der Waals surface area contributed by atoms with Crippen LogP contribution in [0.15, 0.2) is 42.2 Å². The fourth-order valence-corrected chi connectivity index (χ4v) is 2.55. The number of benzene rings is 1. The van der Waals surface area contributed by atoms with Crippen LogP contribution >= 0.6 is 11.3 Å². The van der Waals surface area contributed by atoms with Crippen LogP contribution in [0, 0.1) is 5.82 Å². The average molecular weight is 230 g/mol. The molecule has 0 aliphatic rings. The molecule has 0 atom stereocenters. The molecule has 4 heteroatoms. The van der Waals surface area contributed by atoms with Gasteiger partial charge >= 0.3 is 0 Å². The number of thiophene rings is 1. The minimum atomic E-state index is -0.228. The van der Waals surface area contributed by atoms with Gasteiger partial charge in [-0.3, -0.25) is 0 Å². The van der Waals surface area contributed by atoms with Crippen molar-refractivity contribution in [2.24, 2.45) is 0 Å². The number of hydrogen-bond donors (Lipinski definition) is 0. The highest BCUT2D eigenvalue weighted by atomic mass is 32.1. The lowest BCUT2D eigenvalue weighted by Crippen LogP contribution is -1.80. The van der Waals surface area contributed by atoms with Gasteiger partial charge in [0, 0.05) is 22.5 Å². The lowest BCUT2D eigenvalue weighted by atomic mass is 10.1. The van der Waals surface area contributed by atoms with Crippen LogP contribution < -0.4 is 0 Å². The van der Waals surface area contributed by atoms with E-state index in [1.807, 2.05) is 11.4 Å². The van der Waals surface area contributed by atoms with E-state index in [0.717, 1.165) is 21.3 Å². The molecular weight excluding hydrogens is 223 g/mol. The largest absolute Gasteiger partial charge is 0.244 e. The highest BCUT2D eigenvalue weighted by molar-refractivity contribution is 7.17. The van der Waals surface area contributed by atoms with Crippen molar-refractivity contribution < 1.29 is 4.39 Å². The normalized spacial score (nSPS) is 10.8. The molecule has 16 heavy (non-hydrogen) atoms. The predicted molar refractivity (Wildman–Crippen MR) is 62.8 cm³/mol. The summed E-state index contributed by atoms with van der Waals surface area (Å²) in [4.78, 5) is 9.08. The van der Waals surface area contributed by atoms with Crippen molar-refractivity contribution >= 4 is 21.6 Å². The van der Waals surface area contributed by atoms with E-state index in [0.29, 0.717) is 0 Å². The molecule has 0 spiro atoms. The maximum absolute atomic E-state index is 13.1. The van der Waals surface area contributed by atoms with Crippen LogP contribution in [0.25, 0.3) is 21.3 Å². The SMILES string of the molecule is Fc1cccc(-c2csc3ncncc23)c1. The molecule has 1 aromatic carbocycles. The first-order valence-electron chi connectivity index (χ1n) is 4.78. The number of nitrogens with zero attached hydrogens (tertiary/aromatic N) is 2. The Kier molecular flexibility index (Phi) is 2.15. The summed E-state index contributed by atoms with van der Waals surface area (Å²) < 4.78 is 13.1. The van der Waals surface area contributed by atoms with E-state index >= 15 is 0 Å². The standard InChI is InChI=1S/C12H7FN2S/c13-9-3-1-2-8(4-9)11-6-16-12-10(11)5-14-7-15-12/h1-7H. The third kappa shape index (κ3) is 1.47. The van der Waals surface area contributed by atoms with Gasteiger partial charge in [-0.2, -0.15) is 0 Å². The van der Waals surface area contributed by atoms with Gasteiger partial charge in [0.2, 0.25) is 0 Å². The van der Waals surface area contributed by atoms with Gasteiger partial charge in [-0.25, -0.2) is 14.4 Å². The van der Waals surface area contributed by atoms with Crippen LogP contribution in [0.3, 0.4) is 0 Å². The van der Waals surface area contributed by atoms with Crippen LogP contribution in [-0.2, 0) is 0 Å². The van der Waals surface area contributed by atoms with Crippen molar-refractivity contribution in [2.45, 2.75) is 0 Å². The molecule has 0 unspecified atom stereocenters. The molecule has 0 N–H and O–H groups in total. The van der Waals surface area contributed by atoms with Crippen LogP contribution in [0.2, 0.25) is 0 Å². The monoisotopic (exact) mass is 230 g/mol. The van der Waals surface area contributed by atoms with Gasteiger partial charge in [-0.05, 0) is 17.7 Å². The minimum Gasteiger partial charge on any atom is -0.244 e. The molecular formula is C12H7FN2S. The third-order valence-electron chi connectivity index (χ3n) is 2.39. The number of halogens is 1. The number of aromatic nitrogens is 2. The van der Waals surface area contributed by atoms with Gasteiger partial charge in [0.1, 0.15) is 17.0 Å². The van der Waals surface area contributed by atoms with E-state index in [-0.39, 0.29) is 5.82 Å². The number of fused-ring (bicyclic) bond motifs is 1. The van der Waals surface area contributed by atoms with Gasteiger partial charge in [-0.15, -0.1) is 11.3 Å². The Hall–Kier alpha value is -1.81. The van der Waals surface area contributed by atoms with Crippen LogP contribution in [0.4, 0.5) is 4.39 Å². The molecule has 0 saturated heterocycles. The second-order valence-electron chi connectivity index (χ2n) is 3.40. The Morgan fingerprint density at radius 3 is 3.06 bits per heavy atom. The van der Waals surface area contributed by atoms with E-state index < -0.39 is 0 Å². The van der Waals surface area contributed by atoms with Crippen LogP contribution in [0.5, 0.6) is 0 Å². The van der Waals surface area contributed by atoms with Crippen molar-refractivity contribution in [1.29, 1.82) is 0 Å². The predicted octanol–water partition coefficient (Wildman–Crippen LogP) is 3.50. The maximum Gasteiger partial charge on any atom is 0.127 e. The summed E-state index contributed by atoms with van der Waals surface area (Å²) in [6, 6.07) is 6.55. The summed E-state index contributed by atoms with van der Waals surface area (Å²) >= 11 is 1.54. The molecule has 0 fully saturated rings. The summed E-state index contributed by atoms with van der Waals surface area (Å²) in [7, 11) is 0. The van der Waals surface area contributed by atoms with Crippen LogP contribution in [-0.4, -0.2) is 9.97 Å². The molecule has 3 rings (SSSR count). The average Bonchev–Trinajstić information content (AvgIpc) is 2.72. The second-order valence-corrected chi connectivity index (χ2v) is 4.26. The summed E-state index contributed by atoms with van der Waals surface area (Å²) in [5, 5.41) is 2.95. The highest BCUT2D eigenvalue weighted by Crippen LogP contribution is 2.32. The quantitative estimate of drug-likeness (QED) is 0.639. The van der Waals surface area contributed by atoms with E-state index in [4.69, 9.17) is 0 Å². The summed E-state index contributed by atoms with van der Waals surface area (Å²) in [5.41, 5.74) is 1.85. The van der Waals surface area contributed by atoms with Crippen molar-refractivity contribution in [2.75, 3.05) is 0 Å². The molecule has 0 aliphatic heterocycles. The fraction of sp³-hybridized carbons (Fsp3) is 0. The first kappa shape index (κ1) is 9.42.